The molecule has 3 atom stereocenters. The second kappa shape index (κ2) is 7.85. The van der Waals surface area contributed by atoms with Gasteiger partial charge in [-0.05, 0) is 31.2 Å². The fourth-order valence-electron chi connectivity index (χ4n) is 4.39. The molecule has 5 nitrogen and oxygen atoms in total. The van der Waals surface area contributed by atoms with Crippen molar-refractivity contribution in [3.63, 3.8) is 0 Å². The summed E-state index contributed by atoms with van der Waals surface area (Å²) < 4.78 is 12.1. The van der Waals surface area contributed by atoms with Gasteiger partial charge in [-0.1, -0.05) is 30.3 Å². The average Bonchev–Trinajstić information content (AvgIpc) is 3.30. The van der Waals surface area contributed by atoms with Crippen molar-refractivity contribution in [3.8, 4) is 0 Å². The number of fused-ring (bicyclic) bond motifs is 1. The van der Waals surface area contributed by atoms with Gasteiger partial charge in [0.05, 0.1) is 6.10 Å². The van der Waals surface area contributed by atoms with E-state index >= 15 is 0 Å². The third-order valence-electron chi connectivity index (χ3n) is 5.69. The summed E-state index contributed by atoms with van der Waals surface area (Å²) in [7, 11) is 0. The van der Waals surface area contributed by atoms with Crippen LogP contribution in [0.15, 0.2) is 30.3 Å². The predicted octanol–water partition coefficient (Wildman–Crippen LogP) is 2.06. The first-order valence-electron chi connectivity index (χ1n) is 9.60. The van der Waals surface area contributed by atoms with E-state index in [9.17, 15) is 4.79 Å². The molecule has 1 aromatic carbocycles. The zero-order chi connectivity index (χ0) is 17.1. The molecular weight excluding hydrogens is 316 g/mol. The van der Waals surface area contributed by atoms with Crippen LogP contribution in [0.4, 0.5) is 0 Å². The molecule has 0 spiro atoms. The molecule has 1 amide bonds. The Kier molecular flexibility index (Phi) is 5.34. The zero-order valence-corrected chi connectivity index (χ0v) is 14.8. The molecule has 0 bridgehead atoms. The van der Waals surface area contributed by atoms with Gasteiger partial charge in [-0.2, -0.15) is 0 Å². The van der Waals surface area contributed by atoms with Crippen LogP contribution in [-0.4, -0.2) is 66.8 Å². The Morgan fingerprint density at radius 1 is 1.16 bits per heavy atom. The monoisotopic (exact) mass is 344 g/mol. The SMILES string of the molecule is O=C(CO[C@@H]1CN(Cc2ccccc2)[C@@H]2CCCO[C@@H]21)N1CCCC1. The first-order valence-corrected chi connectivity index (χ1v) is 9.60. The molecule has 136 valence electrons. The van der Waals surface area contributed by atoms with Gasteiger partial charge in [0.25, 0.3) is 0 Å². The highest BCUT2D eigenvalue weighted by Crippen LogP contribution is 2.31. The van der Waals surface area contributed by atoms with Crippen molar-refractivity contribution in [2.75, 3.05) is 32.8 Å². The van der Waals surface area contributed by atoms with Crippen molar-refractivity contribution in [1.82, 2.24) is 9.80 Å². The number of amides is 1. The van der Waals surface area contributed by atoms with E-state index in [1.807, 2.05) is 4.90 Å². The maximum absolute atomic E-state index is 12.3. The number of benzene rings is 1. The quantitative estimate of drug-likeness (QED) is 0.820. The van der Waals surface area contributed by atoms with E-state index in [1.165, 1.54) is 5.56 Å². The molecule has 0 unspecified atom stereocenters. The van der Waals surface area contributed by atoms with E-state index in [-0.39, 0.29) is 24.7 Å². The van der Waals surface area contributed by atoms with E-state index in [0.717, 1.165) is 58.5 Å². The molecule has 3 fully saturated rings. The number of carbonyl (C=O) groups excluding carboxylic acids is 1. The van der Waals surface area contributed by atoms with Gasteiger partial charge in [-0.15, -0.1) is 0 Å². The molecule has 5 heteroatoms. The van der Waals surface area contributed by atoms with Crippen LogP contribution >= 0.6 is 0 Å². The van der Waals surface area contributed by atoms with Crippen LogP contribution in [0.3, 0.4) is 0 Å². The third kappa shape index (κ3) is 3.89. The topological polar surface area (TPSA) is 42.0 Å². The van der Waals surface area contributed by atoms with Gasteiger partial charge in [-0.25, -0.2) is 0 Å². The van der Waals surface area contributed by atoms with Crippen molar-refractivity contribution >= 4 is 5.91 Å². The third-order valence-corrected chi connectivity index (χ3v) is 5.69. The molecule has 3 saturated heterocycles. The minimum atomic E-state index is 0.000523. The van der Waals surface area contributed by atoms with Gasteiger partial charge in [0.15, 0.2) is 0 Å². The Hall–Kier alpha value is -1.43. The molecule has 3 heterocycles. The van der Waals surface area contributed by atoms with Crippen LogP contribution in [0.1, 0.15) is 31.2 Å². The van der Waals surface area contributed by atoms with Gasteiger partial charge in [0.1, 0.15) is 12.7 Å². The molecule has 0 radical (unpaired) electrons. The number of carbonyl (C=O) groups is 1. The van der Waals surface area contributed by atoms with Crippen LogP contribution in [-0.2, 0) is 20.8 Å². The predicted molar refractivity (Wildman–Crippen MR) is 95.2 cm³/mol. The molecule has 0 N–H and O–H groups in total. The number of hydrogen-bond donors (Lipinski definition) is 0. The summed E-state index contributed by atoms with van der Waals surface area (Å²) in [6.07, 6.45) is 4.59. The normalized spacial score (nSPS) is 29.8. The maximum Gasteiger partial charge on any atom is 0.248 e. The highest BCUT2D eigenvalue weighted by atomic mass is 16.5. The summed E-state index contributed by atoms with van der Waals surface area (Å²) in [4.78, 5) is 16.7. The van der Waals surface area contributed by atoms with Crippen LogP contribution in [0, 0.1) is 0 Å². The number of rotatable bonds is 5. The minimum absolute atomic E-state index is 0.000523. The molecule has 1 aromatic rings. The Labute approximate surface area is 149 Å². The molecular formula is C20H28N2O3. The van der Waals surface area contributed by atoms with E-state index in [2.05, 4.69) is 35.2 Å². The lowest BCUT2D eigenvalue weighted by molar-refractivity contribution is -0.140. The largest absolute Gasteiger partial charge is 0.374 e. The van der Waals surface area contributed by atoms with Gasteiger partial charge in [0, 0.05) is 38.8 Å². The molecule has 3 aliphatic heterocycles. The molecule has 3 aliphatic rings. The number of ether oxygens (including phenoxy) is 2. The first kappa shape index (κ1) is 17.0. The van der Waals surface area contributed by atoms with Crippen molar-refractivity contribution in [2.24, 2.45) is 0 Å². The number of likely N-dealkylation sites (tertiary alicyclic amines) is 2. The maximum atomic E-state index is 12.3. The van der Waals surface area contributed by atoms with Crippen LogP contribution in [0.2, 0.25) is 0 Å². The van der Waals surface area contributed by atoms with Gasteiger partial charge >= 0.3 is 0 Å². The fourth-order valence-corrected chi connectivity index (χ4v) is 4.39. The standard InChI is InChI=1S/C20H28N2O3/c23-19(21-10-4-5-11-21)15-25-18-14-22(13-16-7-2-1-3-8-16)17-9-6-12-24-20(17)18/h1-3,7-8,17-18,20H,4-6,9-15H2/t17-,18-,20+/m1/s1. The molecule has 0 saturated carbocycles. The zero-order valence-electron chi connectivity index (χ0n) is 14.8. The van der Waals surface area contributed by atoms with Crippen molar-refractivity contribution < 1.29 is 14.3 Å². The fraction of sp³-hybridized carbons (Fsp3) is 0.650. The molecule has 25 heavy (non-hydrogen) atoms. The molecule has 4 rings (SSSR count). The minimum Gasteiger partial charge on any atom is -0.374 e. The van der Waals surface area contributed by atoms with Crippen molar-refractivity contribution in [1.29, 1.82) is 0 Å². The molecule has 0 aliphatic carbocycles. The van der Waals surface area contributed by atoms with E-state index in [1.54, 1.807) is 0 Å². The van der Waals surface area contributed by atoms with Crippen molar-refractivity contribution in [3.05, 3.63) is 35.9 Å². The highest BCUT2D eigenvalue weighted by Gasteiger charge is 2.44. The lowest BCUT2D eigenvalue weighted by Gasteiger charge is -2.32. The number of hydrogen-bond acceptors (Lipinski definition) is 4. The summed E-state index contributed by atoms with van der Waals surface area (Å²) in [6, 6.07) is 11.0. The highest BCUT2D eigenvalue weighted by molar-refractivity contribution is 5.77. The van der Waals surface area contributed by atoms with Gasteiger partial charge in [0.2, 0.25) is 5.91 Å². The Bertz CT molecular complexity index is 574. The van der Waals surface area contributed by atoms with Crippen molar-refractivity contribution in [2.45, 2.75) is 50.5 Å². The average molecular weight is 344 g/mol. The number of nitrogens with zero attached hydrogens (tertiary/aromatic N) is 2. The second-order valence-corrected chi connectivity index (χ2v) is 7.40. The molecule has 0 aromatic heterocycles. The summed E-state index contributed by atoms with van der Waals surface area (Å²) in [6.45, 7) is 4.53. The van der Waals surface area contributed by atoms with Gasteiger partial charge in [-0.3, -0.25) is 9.69 Å². The van der Waals surface area contributed by atoms with Crippen LogP contribution < -0.4 is 0 Å². The lowest BCUT2D eigenvalue weighted by atomic mass is 10.0. The Balaban J connectivity index is 1.37. The summed E-state index contributed by atoms with van der Waals surface area (Å²) >= 11 is 0. The van der Waals surface area contributed by atoms with E-state index < -0.39 is 0 Å². The second-order valence-electron chi connectivity index (χ2n) is 7.40. The lowest BCUT2D eigenvalue weighted by Crippen LogP contribution is -2.42. The summed E-state index contributed by atoms with van der Waals surface area (Å²) in [5, 5.41) is 0. The van der Waals surface area contributed by atoms with E-state index in [4.69, 9.17) is 9.47 Å². The summed E-state index contributed by atoms with van der Waals surface area (Å²) in [5.41, 5.74) is 1.32. The summed E-state index contributed by atoms with van der Waals surface area (Å²) in [5.74, 6) is 0.131. The van der Waals surface area contributed by atoms with Crippen LogP contribution in [0.5, 0.6) is 0 Å². The smallest absolute Gasteiger partial charge is 0.248 e. The Morgan fingerprint density at radius 2 is 1.96 bits per heavy atom. The van der Waals surface area contributed by atoms with Crippen LogP contribution in [0.25, 0.3) is 0 Å². The first-order chi connectivity index (χ1) is 12.3. The van der Waals surface area contributed by atoms with Gasteiger partial charge < -0.3 is 14.4 Å². The van der Waals surface area contributed by atoms with E-state index in [0.29, 0.717) is 6.04 Å². The Morgan fingerprint density at radius 3 is 2.76 bits per heavy atom.